The van der Waals surface area contributed by atoms with E-state index < -0.39 is 5.60 Å². The summed E-state index contributed by atoms with van der Waals surface area (Å²) in [4.78, 5) is 1.61. The lowest BCUT2D eigenvalue weighted by Gasteiger charge is -2.46. The third-order valence-corrected chi connectivity index (χ3v) is 4.62. The second-order valence-corrected chi connectivity index (χ2v) is 6.23. The van der Waals surface area contributed by atoms with Gasteiger partial charge in [0.15, 0.2) is 0 Å². The molecule has 18 heavy (non-hydrogen) atoms. The van der Waals surface area contributed by atoms with Gasteiger partial charge in [0.1, 0.15) is 5.60 Å². The lowest BCUT2D eigenvalue weighted by atomic mass is 9.74. The van der Waals surface area contributed by atoms with Crippen molar-refractivity contribution in [1.82, 2.24) is 0 Å². The Morgan fingerprint density at radius 3 is 2.39 bits per heavy atom. The molecule has 1 fully saturated rings. The highest BCUT2D eigenvalue weighted by Gasteiger charge is 2.46. The Kier molecular flexibility index (Phi) is 3.79. The molecule has 0 amide bonds. The third kappa shape index (κ3) is 2.32. The molecule has 0 saturated carbocycles. The molecule has 0 aliphatic carbocycles. The molecular formula is C16H26NO+. The molecule has 1 aliphatic heterocycles. The largest absolute Gasteiger partial charge is 0.384 e. The van der Waals surface area contributed by atoms with Crippen LogP contribution >= 0.6 is 0 Å². The standard InChI is InChI=1S/C16H25NO/c1-12(2)17-11-13(3)16(18,10-14(17)4)15-8-6-5-7-9-15/h5-9,12-14,18H,10-11H2,1-4H3/p+1/t13-,14+,16+/m0/s1. The number of piperidine rings is 1. The van der Waals surface area contributed by atoms with Crippen LogP contribution in [0.1, 0.15) is 39.7 Å². The van der Waals surface area contributed by atoms with Crippen LogP contribution < -0.4 is 4.90 Å². The van der Waals surface area contributed by atoms with Gasteiger partial charge in [-0.2, -0.15) is 0 Å². The van der Waals surface area contributed by atoms with E-state index in [4.69, 9.17) is 0 Å². The van der Waals surface area contributed by atoms with E-state index >= 15 is 0 Å². The van der Waals surface area contributed by atoms with Gasteiger partial charge in [0.25, 0.3) is 0 Å². The first-order valence-corrected chi connectivity index (χ1v) is 7.08. The van der Waals surface area contributed by atoms with Gasteiger partial charge >= 0.3 is 0 Å². The number of rotatable bonds is 2. The van der Waals surface area contributed by atoms with E-state index in [1.165, 1.54) is 0 Å². The molecule has 1 saturated heterocycles. The second-order valence-electron chi connectivity index (χ2n) is 6.23. The number of benzene rings is 1. The molecule has 4 atom stereocenters. The molecule has 1 aromatic rings. The molecule has 1 heterocycles. The van der Waals surface area contributed by atoms with Gasteiger partial charge in [0, 0.05) is 12.3 Å². The number of aliphatic hydroxyl groups is 1. The number of quaternary nitrogens is 1. The van der Waals surface area contributed by atoms with Crippen LogP contribution in [0.25, 0.3) is 0 Å². The zero-order valence-electron chi connectivity index (χ0n) is 12.0. The predicted octanol–water partition coefficient (Wildman–Crippen LogP) is 1.60. The van der Waals surface area contributed by atoms with Crippen LogP contribution in [0.5, 0.6) is 0 Å². The van der Waals surface area contributed by atoms with Crippen LogP contribution in [0, 0.1) is 5.92 Å². The summed E-state index contributed by atoms with van der Waals surface area (Å²) in [6, 6.07) is 11.3. The van der Waals surface area contributed by atoms with Gasteiger partial charge in [-0.1, -0.05) is 37.3 Å². The Morgan fingerprint density at radius 2 is 1.83 bits per heavy atom. The molecule has 1 unspecified atom stereocenters. The van der Waals surface area contributed by atoms with E-state index in [0.717, 1.165) is 18.5 Å². The van der Waals surface area contributed by atoms with Crippen LogP contribution in [-0.4, -0.2) is 23.7 Å². The zero-order valence-corrected chi connectivity index (χ0v) is 12.0. The quantitative estimate of drug-likeness (QED) is 0.816. The topological polar surface area (TPSA) is 24.7 Å². The summed E-state index contributed by atoms with van der Waals surface area (Å²) in [5.41, 5.74) is 0.422. The van der Waals surface area contributed by atoms with Crippen molar-refractivity contribution in [2.75, 3.05) is 6.54 Å². The molecule has 2 rings (SSSR count). The summed E-state index contributed by atoms with van der Waals surface area (Å²) in [5, 5.41) is 11.1. The van der Waals surface area contributed by atoms with Crippen molar-refractivity contribution in [3.05, 3.63) is 35.9 Å². The van der Waals surface area contributed by atoms with Crippen molar-refractivity contribution < 1.29 is 10.0 Å². The van der Waals surface area contributed by atoms with E-state index in [1.807, 2.05) is 18.2 Å². The molecule has 0 aromatic heterocycles. The SMILES string of the molecule is CC(C)[NH+]1C[C@H](C)[C@@](O)(c2ccccc2)C[C@H]1C. The predicted molar refractivity (Wildman–Crippen MR) is 74.5 cm³/mol. The minimum atomic E-state index is -0.654. The molecule has 2 nitrogen and oxygen atoms in total. The van der Waals surface area contributed by atoms with Gasteiger partial charge in [-0.3, -0.25) is 0 Å². The first-order valence-electron chi connectivity index (χ1n) is 7.08. The minimum absolute atomic E-state index is 0.300. The Hall–Kier alpha value is -0.860. The summed E-state index contributed by atoms with van der Waals surface area (Å²) < 4.78 is 0. The van der Waals surface area contributed by atoms with Crippen LogP contribution in [0.2, 0.25) is 0 Å². The van der Waals surface area contributed by atoms with Crippen molar-refractivity contribution >= 4 is 0 Å². The van der Waals surface area contributed by atoms with E-state index in [2.05, 4.69) is 39.8 Å². The maximum Gasteiger partial charge on any atom is 0.103 e. The smallest absolute Gasteiger partial charge is 0.103 e. The highest BCUT2D eigenvalue weighted by Crippen LogP contribution is 2.35. The average Bonchev–Trinajstić information content (AvgIpc) is 2.34. The Bertz CT molecular complexity index is 389. The van der Waals surface area contributed by atoms with E-state index in [1.54, 1.807) is 4.90 Å². The Morgan fingerprint density at radius 1 is 1.22 bits per heavy atom. The van der Waals surface area contributed by atoms with Crippen molar-refractivity contribution in [3.8, 4) is 0 Å². The fourth-order valence-corrected chi connectivity index (χ4v) is 3.46. The average molecular weight is 248 g/mol. The van der Waals surface area contributed by atoms with Gasteiger partial charge in [0.2, 0.25) is 0 Å². The molecule has 0 radical (unpaired) electrons. The lowest BCUT2D eigenvalue weighted by molar-refractivity contribution is -0.955. The molecule has 2 N–H and O–H groups in total. The van der Waals surface area contributed by atoms with Crippen molar-refractivity contribution in [1.29, 1.82) is 0 Å². The highest BCUT2D eigenvalue weighted by atomic mass is 16.3. The first-order chi connectivity index (χ1) is 8.45. The monoisotopic (exact) mass is 248 g/mol. The molecule has 100 valence electrons. The molecule has 0 spiro atoms. The first kappa shape index (κ1) is 13.6. The number of likely N-dealkylation sites (tertiary alicyclic amines) is 1. The fraction of sp³-hybridized carbons (Fsp3) is 0.625. The second kappa shape index (κ2) is 5.02. The van der Waals surface area contributed by atoms with Crippen LogP contribution in [0.4, 0.5) is 0 Å². The minimum Gasteiger partial charge on any atom is -0.384 e. The molecular weight excluding hydrogens is 222 g/mol. The van der Waals surface area contributed by atoms with Crippen molar-refractivity contribution in [3.63, 3.8) is 0 Å². The lowest BCUT2D eigenvalue weighted by Crippen LogP contribution is -3.20. The third-order valence-electron chi connectivity index (χ3n) is 4.62. The van der Waals surface area contributed by atoms with Gasteiger partial charge in [0.05, 0.1) is 18.6 Å². The zero-order chi connectivity index (χ0) is 13.3. The normalized spacial score (nSPS) is 36.9. The van der Waals surface area contributed by atoms with Crippen LogP contribution in [0.15, 0.2) is 30.3 Å². The summed E-state index contributed by atoms with van der Waals surface area (Å²) >= 11 is 0. The summed E-state index contributed by atoms with van der Waals surface area (Å²) in [6.07, 6.45) is 0.853. The summed E-state index contributed by atoms with van der Waals surface area (Å²) in [5.74, 6) is 0.300. The Balaban J connectivity index is 2.26. The maximum absolute atomic E-state index is 11.1. The molecule has 0 bridgehead atoms. The van der Waals surface area contributed by atoms with E-state index in [9.17, 15) is 5.11 Å². The summed E-state index contributed by atoms with van der Waals surface area (Å²) in [6.45, 7) is 10.0. The molecule has 2 heteroatoms. The fourth-order valence-electron chi connectivity index (χ4n) is 3.46. The number of hydrogen-bond acceptors (Lipinski definition) is 1. The highest BCUT2D eigenvalue weighted by molar-refractivity contribution is 5.23. The molecule has 1 aromatic carbocycles. The number of hydrogen-bond donors (Lipinski definition) is 2. The van der Waals surface area contributed by atoms with Crippen molar-refractivity contribution in [2.24, 2.45) is 5.92 Å². The van der Waals surface area contributed by atoms with Gasteiger partial charge in [-0.15, -0.1) is 0 Å². The van der Waals surface area contributed by atoms with E-state index in [0.29, 0.717) is 18.0 Å². The van der Waals surface area contributed by atoms with Gasteiger partial charge in [-0.25, -0.2) is 0 Å². The summed E-state index contributed by atoms with van der Waals surface area (Å²) in [7, 11) is 0. The van der Waals surface area contributed by atoms with Gasteiger partial charge < -0.3 is 10.0 Å². The van der Waals surface area contributed by atoms with Crippen molar-refractivity contribution in [2.45, 2.75) is 51.8 Å². The Labute approximate surface area is 111 Å². The maximum atomic E-state index is 11.1. The number of nitrogens with one attached hydrogen (secondary N) is 1. The van der Waals surface area contributed by atoms with E-state index in [-0.39, 0.29) is 0 Å². The van der Waals surface area contributed by atoms with Crippen LogP contribution in [-0.2, 0) is 5.60 Å². The van der Waals surface area contributed by atoms with Crippen LogP contribution in [0.3, 0.4) is 0 Å². The molecule has 1 aliphatic rings. The van der Waals surface area contributed by atoms with Gasteiger partial charge in [-0.05, 0) is 26.3 Å².